The second-order valence-electron chi connectivity index (χ2n) is 7.71. The van der Waals surface area contributed by atoms with Crippen LogP contribution in [0.25, 0.3) is 10.8 Å². The summed E-state index contributed by atoms with van der Waals surface area (Å²) in [7, 11) is 0. The van der Waals surface area contributed by atoms with Crippen LogP contribution in [0.5, 0.6) is 5.75 Å². The summed E-state index contributed by atoms with van der Waals surface area (Å²) in [5, 5.41) is 8.80. The van der Waals surface area contributed by atoms with E-state index in [1.807, 2.05) is 36.4 Å². The highest BCUT2D eigenvalue weighted by molar-refractivity contribution is 5.94. The quantitative estimate of drug-likeness (QED) is 0.333. The summed E-state index contributed by atoms with van der Waals surface area (Å²) in [4.78, 5) is 23.2. The van der Waals surface area contributed by atoms with Gasteiger partial charge >= 0.3 is 0 Å². The van der Waals surface area contributed by atoms with Crippen LogP contribution in [0.2, 0.25) is 0 Å². The highest BCUT2D eigenvalue weighted by atomic mass is 16.5. The van der Waals surface area contributed by atoms with Crippen LogP contribution in [0.4, 0.5) is 17.5 Å². The number of carbonyl (C=O) groups excluding carboxylic acids is 1. The summed E-state index contributed by atoms with van der Waals surface area (Å²) in [5.41, 5.74) is 10.7. The zero-order valence-electron chi connectivity index (χ0n) is 18.6. The zero-order chi connectivity index (χ0) is 23.2. The van der Waals surface area contributed by atoms with E-state index in [1.165, 1.54) is 17.5 Å². The number of benzene rings is 2. The predicted molar refractivity (Wildman–Crippen MR) is 130 cm³/mol. The molecule has 4 aromatic rings. The predicted octanol–water partition coefficient (Wildman–Crippen LogP) is 4.03. The molecular weight excluding hydrogens is 416 g/mol. The van der Waals surface area contributed by atoms with Gasteiger partial charge in [0.1, 0.15) is 36.1 Å². The molecule has 4 rings (SSSR count). The van der Waals surface area contributed by atoms with Crippen LogP contribution in [0, 0.1) is 13.8 Å². The van der Waals surface area contributed by atoms with E-state index in [0.29, 0.717) is 24.7 Å². The topological polar surface area (TPSA) is 115 Å². The van der Waals surface area contributed by atoms with E-state index in [0.717, 1.165) is 39.8 Å². The van der Waals surface area contributed by atoms with Crippen LogP contribution >= 0.6 is 0 Å². The largest absolute Gasteiger partial charge is 0.486 e. The number of aldehydes is 1. The van der Waals surface area contributed by atoms with Crippen molar-refractivity contribution in [3.63, 3.8) is 0 Å². The normalized spacial score (nSPS) is 10.7. The first-order valence-corrected chi connectivity index (χ1v) is 10.6. The highest BCUT2D eigenvalue weighted by Crippen LogP contribution is 2.28. The minimum atomic E-state index is 0.0534. The smallest absolute Gasteiger partial charge is 0.157 e. The Bertz CT molecular complexity index is 1270. The molecule has 0 atom stereocenters. The van der Waals surface area contributed by atoms with E-state index in [1.54, 1.807) is 6.20 Å². The van der Waals surface area contributed by atoms with Crippen molar-refractivity contribution in [1.29, 1.82) is 0 Å². The number of nitrogen functional groups attached to an aromatic ring is 1. The number of aromatic nitrogens is 3. The number of nitrogens with one attached hydrogen (secondary N) is 2. The Morgan fingerprint density at radius 1 is 0.939 bits per heavy atom. The number of ether oxygens (including phenoxy) is 1. The summed E-state index contributed by atoms with van der Waals surface area (Å²) in [6.45, 7) is 5.47. The molecule has 0 bridgehead atoms. The van der Waals surface area contributed by atoms with Crippen molar-refractivity contribution in [2.75, 3.05) is 23.0 Å². The van der Waals surface area contributed by atoms with Crippen LogP contribution in [0.15, 0.2) is 55.0 Å². The monoisotopic (exact) mass is 442 g/mol. The van der Waals surface area contributed by atoms with Gasteiger partial charge in [0.2, 0.25) is 0 Å². The Hall–Kier alpha value is -4.20. The number of carbonyl (C=O) groups is 1. The molecule has 0 unspecified atom stereocenters. The van der Waals surface area contributed by atoms with Gasteiger partial charge in [-0.3, -0.25) is 4.79 Å². The van der Waals surface area contributed by atoms with Gasteiger partial charge in [-0.25, -0.2) is 15.0 Å². The standard InChI is InChI=1S/C25H26N6O2/c1-16-11-21-20(7-8-27-25(21)26)17(2)22(16)14-29-24-12-23(30-15-31-24)28-13-18-3-5-19(6-4-18)33-10-9-32/h3-9,11-12,15H,10,13-14H2,1-2H3,(H2,26,27)(H2,28,29,30,31). The minimum absolute atomic E-state index is 0.0534. The maximum atomic E-state index is 10.4. The Morgan fingerprint density at radius 2 is 1.67 bits per heavy atom. The fraction of sp³-hybridized carbons (Fsp3) is 0.200. The molecule has 0 radical (unpaired) electrons. The average molecular weight is 443 g/mol. The van der Waals surface area contributed by atoms with Gasteiger partial charge < -0.3 is 21.1 Å². The first-order chi connectivity index (χ1) is 16.0. The summed E-state index contributed by atoms with van der Waals surface area (Å²) in [5.74, 6) is 2.67. The molecule has 2 aromatic heterocycles. The lowest BCUT2D eigenvalue weighted by molar-refractivity contribution is -0.109. The third kappa shape index (κ3) is 5.17. The Balaban J connectivity index is 1.41. The molecule has 0 fully saturated rings. The lowest BCUT2D eigenvalue weighted by atomic mass is 9.96. The van der Waals surface area contributed by atoms with E-state index in [4.69, 9.17) is 10.5 Å². The van der Waals surface area contributed by atoms with Crippen LogP contribution in [-0.4, -0.2) is 27.8 Å². The SMILES string of the molecule is Cc1cc2c(N)nccc2c(C)c1CNc1cc(NCc2ccc(OCC=O)cc2)ncn1. The van der Waals surface area contributed by atoms with Gasteiger partial charge in [-0.2, -0.15) is 0 Å². The van der Waals surface area contributed by atoms with Crippen molar-refractivity contribution in [2.45, 2.75) is 26.9 Å². The highest BCUT2D eigenvalue weighted by Gasteiger charge is 2.10. The molecule has 0 spiro atoms. The molecule has 0 aliphatic rings. The zero-order valence-corrected chi connectivity index (χ0v) is 18.6. The molecular formula is C25H26N6O2. The van der Waals surface area contributed by atoms with Crippen LogP contribution < -0.4 is 21.1 Å². The molecule has 33 heavy (non-hydrogen) atoms. The minimum Gasteiger partial charge on any atom is -0.486 e. The van der Waals surface area contributed by atoms with E-state index >= 15 is 0 Å². The molecule has 168 valence electrons. The number of aryl methyl sites for hydroxylation is 2. The van der Waals surface area contributed by atoms with Crippen molar-refractivity contribution in [3.05, 3.63) is 77.2 Å². The number of hydrogen-bond donors (Lipinski definition) is 3. The first-order valence-electron chi connectivity index (χ1n) is 10.6. The number of pyridine rings is 1. The van der Waals surface area contributed by atoms with Crippen molar-refractivity contribution in [2.24, 2.45) is 0 Å². The third-order valence-electron chi connectivity index (χ3n) is 5.54. The molecule has 4 N–H and O–H groups in total. The van der Waals surface area contributed by atoms with Gasteiger partial charge in [-0.05, 0) is 65.8 Å². The van der Waals surface area contributed by atoms with Crippen molar-refractivity contribution >= 4 is 34.5 Å². The summed E-state index contributed by atoms with van der Waals surface area (Å²) in [6, 6.07) is 13.5. The van der Waals surface area contributed by atoms with Crippen molar-refractivity contribution in [1.82, 2.24) is 15.0 Å². The van der Waals surface area contributed by atoms with Crippen LogP contribution in [0.3, 0.4) is 0 Å². The molecule has 2 heterocycles. The van der Waals surface area contributed by atoms with Gasteiger partial charge in [0, 0.05) is 30.7 Å². The van der Waals surface area contributed by atoms with Gasteiger partial charge in [-0.15, -0.1) is 0 Å². The maximum absolute atomic E-state index is 10.4. The number of rotatable bonds is 9. The lowest BCUT2D eigenvalue weighted by Gasteiger charge is -2.15. The lowest BCUT2D eigenvalue weighted by Crippen LogP contribution is -2.08. The number of anilines is 3. The number of hydrogen-bond acceptors (Lipinski definition) is 8. The Kier molecular flexibility index (Phi) is 6.64. The third-order valence-corrected chi connectivity index (χ3v) is 5.54. The van der Waals surface area contributed by atoms with Gasteiger partial charge in [-0.1, -0.05) is 12.1 Å². The summed E-state index contributed by atoms with van der Waals surface area (Å²) >= 11 is 0. The number of nitrogens with two attached hydrogens (primary N) is 1. The molecule has 2 aromatic carbocycles. The van der Waals surface area contributed by atoms with E-state index in [2.05, 4.69) is 45.5 Å². The van der Waals surface area contributed by atoms with Crippen LogP contribution in [0.1, 0.15) is 22.3 Å². The summed E-state index contributed by atoms with van der Waals surface area (Å²) < 4.78 is 5.27. The second-order valence-corrected chi connectivity index (χ2v) is 7.71. The number of nitrogens with zero attached hydrogens (tertiary/aromatic N) is 3. The maximum Gasteiger partial charge on any atom is 0.157 e. The molecule has 0 aliphatic carbocycles. The second kappa shape index (κ2) is 9.95. The van der Waals surface area contributed by atoms with E-state index in [-0.39, 0.29) is 6.61 Å². The van der Waals surface area contributed by atoms with E-state index < -0.39 is 0 Å². The molecule has 0 saturated heterocycles. The van der Waals surface area contributed by atoms with E-state index in [9.17, 15) is 4.79 Å². The van der Waals surface area contributed by atoms with Gasteiger partial charge in [0.15, 0.2) is 6.29 Å². The fourth-order valence-electron chi connectivity index (χ4n) is 3.76. The average Bonchev–Trinajstić information content (AvgIpc) is 2.83. The van der Waals surface area contributed by atoms with Gasteiger partial charge in [0.25, 0.3) is 0 Å². The molecule has 8 nitrogen and oxygen atoms in total. The van der Waals surface area contributed by atoms with Crippen molar-refractivity contribution in [3.8, 4) is 5.75 Å². The molecule has 0 saturated carbocycles. The fourth-order valence-corrected chi connectivity index (χ4v) is 3.76. The van der Waals surface area contributed by atoms with Crippen molar-refractivity contribution < 1.29 is 9.53 Å². The van der Waals surface area contributed by atoms with Crippen LogP contribution in [-0.2, 0) is 17.9 Å². The molecule has 8 heteroatoms. The Morgan fingerprint density at radius 3 is 2.39 bits per heavy atom. The summed E-state index contributed by atoms with van der Waals surface area (Å²) in [6.07, 6.45) is 4.00. The Labute approximate surface area is 192 Å². The molecule has 0 amide bonds. The molecule has 0 aliphatic heterocycles. The number of fused-ring (bicyclic) bond motifs is 1. The first kappa shape index (κ1) is 22.0. The van der Waals surface area contributed by atoms with Gasteiger partial charge in [0.05, 0.1) is 0 Å².